The van der Waals surface area contributed by atoms with Crippen LogP contribution < -0.4 is 4.90 Å². The molecule has 3 aromatic heterocycles. The minimum atomic E-state index is 0.855. The first-order valence-electron chi connectivity index (χ1n) is 18.9. The Balaban J connectivity index is 0.998. The zero-order valence-corrected chi connectivity index (χ0v) is 30.1. The van der Waals surface area contributed by atoms with E-state index in [4.69, 9.17) is 13.3 Å². The molecule has 0 unspecified atom stereocenters. The van der Waals surface area contributed by atoms with Crippen molar-refractivity contribution in [3.05, 3.63) is 188 Å². The summed E-state index contributed by atoms with van der Waals surface area (Å²) in [6.07, 6.45) is 0. The van der Waals surface area contributed by atoms with Gasteiger partial charge in [0.2, 0.25) is 0 Å². The van der Waals surface area contributed by atoms with E-state index in [1.165, 1.54) is 5.39 Å². The van der Waals surface area contributed by atoms with Crippen molar-refractivity contribution in [1.29, 1.82) is 0 Å². The summed E-state index contributed by atoms with van der Waals surface area (Å²) in [7, 11) is 0. The summed E-state index contributed by atoms with van der Waals surface area (Å²) in [5.74, 6) is 0. The Labute approximate surface area is 321 Å². The van der Waals surface area contributed by atoms with Gasteiger partial charge >= 0.3 is 0 Å². The number of fused-ring (bicyclic) bond motifs is 11. The van der Waals surface area contributed by atoms with Crippen LogP contribution in [0.15, 0.2) is 201 Å². The van der Waals surface area contributed by atoms with E-state index in [0.29, 0.717) is 0 Å². The lowest BCUT2D eigenvalue weighted by Crippen LogP contribution is -2.10. The van der Waals surface area contributed by atoms with Crippen molar-refractivity contribution in [3.8, 4) is 22.3 Å². The maximum Gasteiger partial charge on any atom is 0.143 e. The van der Waals surface area contributed by atoms with E-state index in [0.717, 1.165) is 111 Å². The molecular formula is C52H31NO3. The third kappa shape index (κ3) is 4.66. The lowest BCUT2D eigenvalue weighted by molar-refractivity contribution is 0.668. The summed E-state index contributed by atoms with van der Waals surface area (Å²) in [4.78, 5) is 2.34. The van der Waals surface area contributed by atoms with Gasteiger partial charge in [0, 0.05) is 43.7 Å². The van der Waals surface area contributed by atoms with Crippen LogP contribution in [0.1, 0.15) is 0 Å². The molecule has 12 rings (SSSR count). The molecule has 0 aliphatic rings. The zero-order valence-electron chi connectivity index (χ0n) is 30.1. The summed E-state index contributed by atoms with van der Waals surface area (Å²) in [6.45, 7) is 0. The molecule has 262 valence electrons. The minimum absolute atomic E-state index is 0.855. The predicted molar refractivity (Wildman–Crippen MR) is 231 cm³/mol. The summed E-state index contributed by atoms with van der Waals surface area (Å²) in [6, 6.07) is 66.1. The van der Waals surface area contributed by atoms with E-state index in [9.17, 15) is 0 Å². The van der Waals surface area contributed by atoms with Crippen LogP contribution in [0.4, 0.5) is 17.1 Å². The van der Waals surface area contributed by atoms with Crippen molar-refractivity contribution >= 4 is 93.7 Å². The Morgan fingerprint density at radius 1 is 0.321 bits per heavy atom. The van der Waals surface area contributed by atoms with Crippen LogP contribution in [-0.4, -0.2) is 0 Å². The van der Waals surface area contributed by atoms with Gasteiger partial charge in [-0.15, -0.1) is 0 Å². The molecule has 0 spiro atoms. The van der Waals surface area contributed by atoms with Gasteiger partial charge in [-0.25, -0.2) is 0 Å². The van der Waals surface area contributed by atoms with Crippen molar-refractivity contribution in [2.24, 2.45) is 0 Å². The number of furan rings is 3. The predicted octanol–water partition coefficient (Wildman–Crippen LogP) is 15.3. The maximum absolute atomic E-state index is 6.53. The molecule has 0 atom stereocenters. The molecule has 0 aliphatic heterocycles. The van der Waals surface area contributed by atoms with E-state index in [2.05, 4.69) is 169 Å². The van der Waals surface area contributed by atoms with E-state index >= 15 is 0 Å². The molecule has 0 saturated heterocycles. The molecule has 0 radical (unpaired) electrons. The number of nitrogens with zero attached hydrogens (tertiary/aromatic N) is 1. The van der Waals surface area contributed by atoms with Crippen LogP contribution in [0.2, 0.25) is 0 Å². The fraction of sp³-hybridized carbons (Fsp3) is 0. The molecule has 12 aromatic rings. The average Bonchev–Trinajstić information content (AvgIpc) is 3.96. The number of anilines is 3. The molecule has 0 saturated carbocycles. The van der Waals surface area contributed by atoms with Gasteiger partial charge in [0.1, 0.15) is 33.5 Å². The Hall–Kier alpha value is -7.56. The fourth-order valence-electron chi connectivity index (χ4n) is 8.66. The van der Waals surface area contributed by atoms with Crippen LogP contribution >= 0.6 is 0 Å². The molecule has 0 aliphatic carbocycles. The van der Waals surface area contributed by atoms with Crippen molar-refractivity contribution in [2.45, 2.75) is 0 Å². The largest absolute Gasteiger partial charge is 0.456 e. The number of benzene rings is 9. The molecule has 9 aromatic carbocycles. The van der Waals surface area contributed by atoms with Crippen LogP contribution in [0.5, 0.6) is 0 Å². The highest BCUT2D eigenvalue weighted by Gasteiger charge is 2.21. The molecule has 4 heteroatoms. The number of hydrogen-bond donors (Lipinski definition) is 0. The Morgan fingerprint density at radius 3 is 1.71 bits per heavy atom. The summed E-state index contributed by atoms with van der Waals surface area (Å²) < 4.78 is 19.0. The highest BCUT2D eigenvalue weighted by atomic mass is 16.3. The van der Waals surface area contributed by atoms with Gasteiger partial charge in [0.05, 0.1) is 11.1 Å². The van der Waals surface area contributed by atoms with Gasteiger partial charge in [0.15, 0.2) is 0 Å². The van der Waals surface area contributed by atoms with Crippen molar-refractivity contribution in [3.63, 3.8) is 0 Å². The van der Waals surface area contributed by atoms with Gasteiger partial charge < -0.3 is 18.2 Å². The molecule has 0 amide bonds. The van der Waals surface area contributed by atoms with Gasteiger partial charge in [-0.2, -0.15) is 0 Å². The molecule has 3 heterocycles. The first kappa shape index (κ1) is 30.9. The Bertz CT molecular complexity index is 3470. The standard InChI is InChI=1S/C52H31NO3/c1-2-10-39-33(9-1)23-29-42-50-38(13-7-17-48(50)56-52(39)42)34-21-27-37(28-22-34)53(44-14-8-18-49-51(44)41-12-4-6-16-46(41)55-49)36-25-19-32(20-26-36)35-24-30-47-43(31-35)40-11-3-5-15-45(40)54-47/h1-31H. The van der Waals surface area contributed by atoms with Gasteiger partial charge in [-0.1, -0.05) is 115 Å². The van der Waals surface area contributed by atoms with Crippen molar-refractivity contribution in [2.75, 3.05) is 4.90 Å². The molecule has 4 nitrogen and oxygen atoms in total. The quantitative estimate of drug-likeness (QED) is 0.178. The van der Waals surface area contributed by atoms with Crippen LogP contribution in [0.3, 0.4) is 0 Å². The molecule has 56 heavy (non-hydrogen) atoms. The normalized spacial score (nSPS) is 11.9. The lowest BCUT2D eigenvalue weighted by Gasteiger charge is -2.26. The number of rotatable bonds is 5. The summed E-state index contributed by atoms with van der Waals surface area (Å²) >= 11 is 0. The van der Waals surface area contributed by atoms with Crippen molar-refractivity contribution in [1.82, 2.24) is 0 Å². The molecule has 0 bridgehead atoms. The second kappa shape index (κ2) is 12.0. The highest BCUT2D eigenvalue weighted by molar-refractivity contribution is 6.19. The van der Waals surface area contributed by atoms with Gasteiger partial charge in [-0.3, -0.25) is 0 Å². The van der Waals surface area contributed by atoms with E-state index in [1.54, 1.807) is 0 Å². The van der Waals surface area contributed by atoms with Crippen LogP contribution in [0, 0.1) is 0 Å². The van der Waals surface area contributed by atoms with E-state index in [1.807, 2.05) is 24.3 Å². The van der Waals surface area contributed by atoms with Gasteiger partial charge in [0.25, 0.3) is 0 Å². The number of hydrogen-bond acceptors (Lipinski definition) is 4. The van der Waals surface area contributed by atoms with Crippen LogP contribution in [0.25, 0.3) is 98.8 Å². The third-order valence-corrected chi connectivity index (χ3v) is 11.3. The Kier molecular flexibility index (Phi) is 6.60. The first-order chi connectivity index (χ1) is 27.7. The SMILES string of the molecule is c1ccc2c(c1)ccc1c2oc2cccc(-c3ccc(N(c4ccc(-c5ccc6oc7ccccc7c6c5)cc4)c4cccc5oc6ccccc6c45)cc3)c21. The number of para-hydroxylation sites is 2. The first-order valence-corrected chi connectivity index (χ1v) is 18.9. The maximum atomic E-state index is 6.53. The highest BCUT2D eigenvalue weighted by Crippen LogP contribution is 2.45. The van der Waals surface area contributed by atoms with Gasteiger partial charge in [-0.05, 0) is 100 Å². The smallest absolute Gasteiger partial charge is 0.143 e. The summed E-state index contributed by atoms with van der Waals surface area (Å²) in [5, 5.41) is 8.96. The molecule has 0 fully saturated rings. The van der Waals surface area contributed by atoms with Crippen LogP contribution in [-0.2, 0) is 0 Å². The monoisotopic (exact) mass is 717 g/mol. The van der Waals surface area contributed by atoms with E-state index in [-0.39, 0.29) is 0 Å². The molecular weight excluding hydrogens is 687 g/mol. The molecule has 0 N–H and O–H groups in total. The lowest BCUT2D eigenvalue weighted by atomic mass is 9.97. The zero-order chi connectivity index (χ0) is 36.7. The fourth-order valence-corrected chi connectivity index (χ4v) is 8.66. The van der Waals surface area contributed by atoms with Crippen molar-refractivity contribution < 1.29 is 13.3 Å². The second-order valence-electron chi connectivity index (χ2n) is 14.4. The average molecular weight is 718 g/mol. The van der Waals surface area contributed by atoms with E-state index < -0.39 is 0 Å². The topological polar surface area (TPSA) is 42.7 Å². The third-order valence-electron chi connectivity index (χ3n) is 11.3. The minimum Gasteiger partial charge on any atom is -0.456 e. The second-order valence-corrected chi connectivity index (χ2v) is 14.4. The Morgan fingerprint density at radius 2 is 0.911 bits per heavy atom. The summed E-state index contributed by atoms with van der Waals surface area (Å²) in [5.41, 5.74) is 13.0.